The first-order valence-electron chi connectivity index (χ1n) is 6.71. The van der Waals surface area contributed by atoms with Crippen LogP contribution in [0, 0.1) is 13.8 Å². The lowest BCUT2D eigenvalue weighted by Crippen LogP contribution is -2.18. The molecule has 0 bridgehead atoms. The molecule has 1 aromatic carbocycles. The van der Waals surface area contributed by atoms with E-state index in [2.05, 4.69) is 46.6 Å². The summed E-state index contributed by atoms with van der Waals surface area (Å²) in [4.78, 5) is 10.8. The Kier molecular flexibility index (Phi) is 4.20. The molecule has 5 nitrogen and oxygen atoms in total. The maximum atomic E-state index is 5.51. The second-order valence-corrected chi connectivity index (χ2v) is 4.79. The van der Waals surface area contributed by atoms with Crippen LogP contribution in [-0.2, 0) is 6.42 Å². The van der Waals surface area contributed by atoms with Crippen LogP contribution >= 0.6 is 0 Å². The summed E-state index contributed by atoms with van der Waals surface area (Å²) in [5.41, 5.74) is 5.96. The van der Waals surface area contributed by atoms with Crippen molar-refractivity contribution in [1.82, 2.24) is 9.97 Å². The highest BCUT2D eigenvalue weighted by Gasteiger charge is 2.13. The quantitative estimate of drug-likeness (QED) is 0.661. The highest BCUT2D eigenvalue weighted by atomic mass is 15.3. The Morgan fingerprint density at radius 1 is 1.15 bits per heavy atom. The number of nitrogen functional groups attached to an aromatic ring is 1. The van der Waals surface area contributed by atoms with Crippen LogP contribution < -0.4 is 16.2 Å². The van der Waals surface area contributed by atoms with Crippen LogP contribution in [0.5, 0.6) is 0 Å². The number of aryl methyl sites for hydroxylation is 2. The highest BCUT2D eigenvalue weighted by molar-refractivity contribution is 5.66. The van der Waals surface area contributed by atoms with Gasteiger partial charge in [-0.05, 0) is 38.0 Å². The van der Waals surface area contributed by atoms with E-state index in [1.165, 1.54) is 5.56 Å². The van der Waals surface area contributed by atoms with Crippen molar-refractivity contribution >= 4 is 17.3 Å². The van der Waals surface area contributed by atoms with E-state index in [0.717, 1.165) is 23.5 Å². The molecule has 0 aliphatic carbocycles. The highest BCUT2D eigenvalue weighted by Crippen LogP contribution is 2.28. The summed E-state index contributed by atoms with van der Waals surface area (Å²) in [7, 11) is 2.00. The fourth-order valence-electron chi connectivity index (χ4n) is 2.16. The molecule has 0 aliphatic rings. The lowest BCUT2D eigenvalue weighted by Gasteiger charge is -2.22. The predicted molar refractivity (Wildman–Crippen MR) is 83.2 cm³/mol. The Morgan fingerprint density at radius 3 is 2.35 bits per heavy atom. The Morgan fingerprint density at radius 2 is 1.80 bits per heavy atom. The summed E-state index contributed by atoms with van der Waals surface area (Å²) in [5, 5.41) is 0. The van der Waals surface area contributed by atoms with Crippen LogP contribution in [0.4, 0.5) is 17.3 Å². The molecule has 0 aliphatic heterocycles. The number of nitrogens with two attached hydrogens (primary N) is 1. The number of hydrazine groups is 1. The number of hydrogen-bond acceptors (Lipinski definition) is 5. The zero-order valence-electron chi connectivity index (χ0n) is 12.4. The van der Waals surface area contributed by atoms with Crippen molar-refractivity contribution in [2.24, 2.45) is 5.84 Å². The summed E-state index contributed by atoms with van der Waals surface area (Å²) >= 11 is 0. The van der Waals surface area contributed by atoms with Crippen molar-refractivity contribution in [3.63, 3.8) is 0 Å². The van der Waals surface area contributed by atoms with Gasteiger partial charge in [0.15, 0.2) is 0 Å². The van der Waals surface area contributed by atoms with Crippen LogP contribution in [0.25, 0.3) is 0 Å². The molecule has 2 rings (SSSR count). The molecular weight excluding hydrogens is 250 g/mol. The minimum absolute atomic E-state index is 0.657. The molecular formula is C15H21N5. The minimum atomic E-state index is 0.657. The van der Waals surface area contributed by atoms with Crippen molar-refractivity contribution in [3.8, 4) is 0 Å². The maximum absolute atomic E-state index is 5.51. The van der Waals surface area contributed by atoms with Gasteiger partial charge in [-0.2, -0.15) is 0 Å². The van der Waals surface area contributed by atoms with Crippen LogP contribution in [0.15, 0.2) is 24.3 Å². The van der Waals surface area contributed by atoms with Gasteiger partial charge in [0.2, 0.25) is 0 Å². The van der Waals surface area contributed by atoms with Crippen LogP contribution in [0.1, 0.15) is 23.9 Å². The summed E-state index contributed by atoms with van der Waals surface area (Å²) in [6, 6.07) is 8.48. The molecule has 3 N–H and O–H groups in total. The molecule has 5 heteroatoms. The molecule has 0 radical (unpaired) electrons. The van der Waals surface area contributed by atoms with Gasteiger partial charge in [-0.3, -0.25) is 0 Å². The number of nitrogens with zero attached hydrogens (tertiary/aromatic N) is 3. The van der Waals surface area contributed by atoms with E-state index >= 15 is 0 Å². The van der Waals surface area contributed by atoms with E-state index in [9.17, 15) is 0 Å². The third-order valence-electron chi connectivity index (χ3n) is 3.42. The molecule has 0 saturated heterocycles. The van der Waals surface area contributed by atoms with Gasteiger partial charge in [0, 0.05) is 18.3 Å². The van der Waals surface area contributed by atoms with E-state index in [4.69, 9.17) is 5.84 Å². The van der Waals surface area contributed by atoms with E-state index in [0.29, 0.717) is 11.6 Å². The van der Waals surface area contributed by atoms with Gasteiger partial charge < -0.3 is 10.3 Å². The molecule has 106 valence electrons. The van der Waals surface area contributed by atoms with E-state index in [1.54, 1.807) is 0 Å². The van der Waals surface area contributed by atoms with Crippen molar-refractivity contribution in [2.45, 2.75) is 27.2 Å². The lowest BCUT2D eigenvalue weighted by atomic mass is 10.1. The third kappa shape index (κ3) is 2.72. The number of aromatic nitrogens is 2. The normalized spacial score (nSPS) is 10.4. The second-order valence-electron chi connectivity index (χ2n) is 4.79. The molecule has 0 saturated carbocycles. The molecule has 20 heavy (non-hydrogen) atoms. The first-order valence-corrected chi connectivity index (χ1v) is 6.71. The Balaban J connectivity index is 2.41. The van der Waals surface area contributed by atoms with Crippen molar-refractivity contribution in [3.05, 3.63) is 41.2 Å². The van der Waals surface area contributed by atoms with E-state index < -0.39 is 0 Å². The molecule has 1 heterocycles. The molecule has 1 aromatic heterocycles. The van der Waals surface area contributed by atoms with Crippen molar-refractivity contribution in [1.29, 1.82) is 0 Å². The van der Waals surface area contributed by atoms with Gasteiger partial charge in [0.05, 0.1) is 0 Å². The van der Waals surface area contributed by atoms with Crippen LogP contribution in [0.3, 0.4) is 0 Å². The largest absolute Gasteiger partial charge is 0.329 e. The van der Waals surface area contributed by atoms with Crippen molar-refractivity contribution < 1.29 is 0 Å². The van der Waals surface area contributed by atoms with Gasteiger partial charge in [0.1, 0.15) is 17.5 Å². The van der Waals surface area contributed by atoms with Gasteiger partial charge in [-0.25, -0.2) is 15.8 Å². The summed E-state index contributed by atoms with van der Waals surface area (Å²) in [6.45, 7) is 5.97. The van der Waals surface area contributed by atoms with Crippen LogP contribution in [-0.4, -0.2) is 17.0 Å². The molecule has 0 unspecified atom stereocenters. The van der Waals surface area contributed by atoms with E-state index in [-0.39, 0.29) is 0 Å². The Hall–Kier alpha value is -2.14. The summed E-state index contributed by atoms with van der Waals surface area (Å²) in [5.74, 6) is 7.71. The van der Waals surface area contributed by atoms with Gasteiger partial charge in [-0.15, -0.1) is 0 Å². The monoisotopic (exact) mass is 271 g/mol. The van der Waals surface area contributed by atoms with E-state index in [1.807, 2.05) is 25.8 Å². The van der Waals surface area contributed by atoms with Gasteiger partial charge in [0.25, 0.3) is 0 Å². The molecule has 0 atom stereocenters. The average Bonchev–Trinajstić information content (AvgIpc) is 2.48. The molecule has 2 aromatic rings. The fraction of sp³-hybridized carbons (Fsp3) is 0.333. The number of hydrogen-bond donors (Lipinski definition) is 2. The average molecular weight is 271 g/mol. The second kappa shape index (κ2) is 5.88. The zero-order chi connectivity index (χ0) is 14.7. The summed E-state index contributed by atoms with van der Waals surface area (Å²) in [6.07, 6.45) is 1.04. The van der Waals surface area contributed by atoms with Gasteiger partial charge >= 0.3 is 0 Å². The summed E-state index contributed by atoms with van der Waals surface area (Å²) < 4.78 is 0. The lowest BCUT2D eigenvalue weighted by molar-refractivity contribution is 0.986. The predicted octanol–water partition coefficient (Wildman–Crippen LogP) is 2.71. The fourth-order valence-corrected chi connectivity index (χ4v) is 2.16. The third-order valence-corrected chi connectivity index (χ3v) is 3.42. The first-order chi connectivity index (χ1) is 9.56. The Bertz CT molecular complexity index is 592. The number of anilines is 3. The number of rotatable bonds is 4. The minimum Gasteiger partial charge on any atom is -0.329 e. The van der Waals surface area contributed by atoms with Crippen molar-refractivity contribution in [2.75, 3.05) is 17.4 Å². The zero-order valence-corrected chi connectivity index (χ0v) is 12.4. The topological polar surface area (TPSA) is 67.1 Å². The van der Waals surface area contributed by atoms with Crippen LogP contribution in [0.2, 0.25) is 0 Å². The molecule has 0 spiro atoms. The first kappa shape index (κ1) is 14.3. The van der Waals surface area contributed by atoms with Gasteiger partial charge in [-0.1, -0.05) is 19.1 Å². The molecule has 0 fully saturated rings. The SMILES string of the molecule is CCc1ccc(N(C)c2nc(C)nc(NN)c2C)cc1. The maximum Gasteiger partial charge on any atom is 0.148 e. The number of benzene rings is 1. The standard InChI is InChI=1S/C15H21N5/c1-5-12-6-8-13(9-7-12)20(4)15-10(2)14(19-16)17-11(3)18-15/h6-9H,5,16H2,1-4H3,(H,17,18,19). The smallest absolute Gasteiger partial charge is 0.148 e. The number of nitrogens with one attached hydrogen (secondary N) is 1. The molecule has 0 amide bonds. The Labute approximate surface area is 119 Å².